The van der Waals surface area contributed by atoms with Crippen LogP contribution in [0.25, 0.3) is 0 Å². The first kappa shape index (κ1) is 12.8. The van der Waals surface area contributed by atoms with Gasteiger partial charge in [0, 0.05) is 22.1 Å². The van der Waals surface area contributed by atoms with Crippen LogP contribution in [0.2, 0.25) is 0 Å². The van der Waals surface area contributed by atoms with Crippen LogP contribution >= 0.6 is 27.3 Å². The first-order chi connectivity index (χ1) is 9.08. The lowest BCUT2D eigenvalue weighted by atomic mass is 10.0. The van der Waals surface area contributed by atoms with Crippen molar-refractivity contribution in [2.45, 2.75) is 12.5 Å². The molecule has 3 rings (SSSR count). The Morgan fingerprint density at radius 3 is 2.89 bits per heavy atom. The van der Waals surface area contributed by atoms with Gasteiger partial charge in [-0.05, 0) is 44.6 Å². The third kappa shape index (κ3) is 2.12. The van der Waals surface area contributed by atoms with Gasteiger partial charge in [-0.25, -0.2) is 0 Å². The Bertz CT molecular complexity index is 653. The van der Waals surface area contributed by atoms with Gasteiger partial charge in [-0.1, -0.05) is 12.1 Å². The van der Waals surface area contributed by atoms with Gasteiger partial charge in [0.05, 0.1) is 12.5 Å². The van der Waals surface area contributed by atoms with Gasteiger partial charge in [-0.3, -0.25) is 4.79 Å². The molecular formula is C14H13BrN2OS. The smallest absolute Gasteiger partial charge is 0.231 e. The zero-order valence-corrected chi connectivity index (χ0v) is 12.8. The topological polar surface area (TPSA) is 46.3 Å². The van der Waals surface area contributed by atoms with Gasteiger partial charge in [-0.2, -0.15) is 0 Å². The zero-order chi connectivity index (χ0) is 13.6. The van der Waals surface area contributed by atoms with Crippen LogP contribution in [0.15, 0.2) is 34.1 Å². The van der Waals surface area contributed by atoms with E-state index in [-0.39, 0.29) is 11.9 Å². The fourth-order valence-electron chi connectivity index (χ4n) is 2.36. The number of nitrogens with two attached hydrogens (primary N) is 1. The van der Waals surface area contributed by atoms with Gasteiger partial charge in [0.25, 0.3) is 0 Å². The minimum absolute atomic E-state index is 0.137. The van der Waals surface area contributed by atoms with Crippen LogP contribution in [-0.2, 0) is 11.2 Å². The molecule has 0 aliphatic carbocycles. The molecule has 1 aliphatic heterocycles. The van der Waals surface area contributed by atoms with Crippen LogP contribution in [0.3, 0.4) is 0 Å². The minimum atomic E-state index is -0.152. The van der Waals surface area contributed by atoms with Crippen LogP contribution in [0.4, 0.5) is 5.69 Å². The zero-order valence-electron chi connectivity index (χ0n) is 10.4. The number of carbonyl (C=O) groups is 1. The number of halogens is 1. The fourth-order valence-corrected chi connectivity index (χ4v) is 4.01. The van der Waals surface area contributed by atoms with E-state index < -0.39 is 0 Å². The van der Waals surface area contributed by atoms with E-state index >= 15 is 0 Å². The molecule has 2 aromatic rings. The Labute approximate surface area is 124 Å². The second-order valence-corrected chi connectivity index (χ2v) is 6.43. The Kier molecular flexibility index (Phi) is 3.20. The number of rotatable bonds is 2. The van der Waals surface area contributed by atoms with E-state index in [1.165, 1.54) is 0 Å². The van der Waals surface area contributed by atoms with Gasteiger partial charge in [0.1, 0.15) is 0 Å². The molecule has 0 radical (unpaired) electrons. The molecule has 5 heteroatoms. The van der Waals surface area contributed by atoms with Gasteiger partial charge in [0.15, 0.2) is 0 Å². The van der Waals surface area contributed by atoms with Crippen LogP contribution in [0.5, 0.6) is 0 Å². The number of hydrogen-bond acceptors (Lipinski definition) is 3. The summed E-state index contributed by atoms with van der Waals surface area (Å²) in [4.78, 5) is 14.5. The van der Waals surface area contributed by atoms with Crippen molar-refractivity contribution in [2.75, 3.05) is 11.9 Å². The molecule has 2 N–H and O–H groups in total. The summed E-state index contributed by atoms with van der Waals surface area (Å²) in [6.07, 6.45) is 0.470. The summed E-state index contributed by atoms with van der Waals surface area (Å²) in [5.74, 6) is 0.137. The van der Waals surface area contributed by atoms with Crippen molar-refractivity contribution in [1.82, 2.24) is 0 Å². The van der Waals surface area contributed by atoms with Crippen molar-refractivity contribution in [3.05, 3.63) is 50.1 Å². The monoisotopic (exact) mass is 336 g/mol. The van der Waals surface area contributed by atoms with Gasteiger partial charge in [-0.15, -0.1) is 11.3 Å². The summed E-state index contributed by atoms with van der Waals surface area (Å²) < 4.78 is 1.04. The number of amides is 1. The second-order valence-electron chi connectivity index (χ2n) is 4.63. The van der Waals surface area contributed by atoms with Crippen molar-refractivity contribution < 1.29 is 4.79 Å². The lowest BCUT2D eigenvalue weighted by Crippen LogP contribution is -2.20. The van der Waals surface area contributed by atoms with Crippen LogP contribution in [0, 0.1) is 0 Å². The van der Waals surface area contributed by atoms with Crippen molar-refractivity contribution >= 4 is 38.9 Å². The van der Waals surface area contributed by atoms with E-state index in [1.54, 1.807) is 16.2 Å². The fraction of sp³-hybridized carbons (Fsp3) is 0.214. The summed E-state index contributed by atoms with van der Waals surface area (Å²) >= 11 is 5.15. The molecule has 0 fully saturated rings. The van der Waals surface area contributed by atoms with E-state index in [1.807, 2.05) is 36.7 Å². The van der Waals surface area contributed by atoms with Gasteiger partial charge in [0.2, 0.25) is 5.91 Å². The number of nitrogens with zero attached hydrogens (tertiary/aromatic N) is 1. The van der Waals surface area contributed by atoms with E-state index in [0.29, 0.717) is 6.42 Å². The minimum Gasteiger partial charge on any atom is -0.320 e. The van der Waals surface area contributed by atoms with Crippen molar-refractivity contribution in [1.29, 1.82) is 0 Å². The summed E-state index contributed by atoms with van der Waals surface area (Å²) in [6.45, 7) is 0. The highest BCUT2D eigenvalue weighted by Crippen LogP contribution is 2.35. The van der Waals surface area contributed by atoms with E-state index in [9.17, 15) is 4.79 Å². The summed E-state index contributed by atoms with van der Waals surface area (Å²) in [7, 11) is 1.81. The molecule has 1 aliphatic rings. The highest BCUT2D eigenvalue weighted by Gasteiger charge is 2.25. The number of carbonyl (C=O) groups excluding carboxylic acids is 1. The first-order valence-electron chi connectivity index (χ1n) is 5.96. The molecule has 0 saturated carbocycles. The van der Waals surface area contributed by atoms with Crippen molar-refractivity contribution in [3.8, 4) is 0 Å². The average molecular weight is 337 g/mol. The molecule has 1 atom stereocenters. The molecule has 1 amide bonds. The number of benzene rings is 1. The molecule has 0 bridgehead atoms. The molecule has 2 heterocycles. The Morgan fingerprint density at radius 1 is 1.42 bits per heavy atom. The number of anilines is 1. The number of thiophene rings is 1. The van der Waals surface area contributed by atoms with Gasteiger partial charge >= 0.3 is 0 Å². The molecule has 98 valence electrons. The summed E-state index contributed by atoms with van der Waals surface area (Å²) in [5.41, 5.74) is 9.41. The highest BCUT2D eigenvalue weighted by molar-refractivity contribution is 9.10. The lowest BCUT2D eigenvalue weighted by molar-refractivity contribution is -0.117. The third-order valence-electron chi connectivity index (χ3n) is 3.47. The third-order valence-corrected chi connectivity index (χ3v) is 5.42. The average Bonchev–Trinajstić information content (AvgIpc) is 2.93. The quantitative estimate of drug-likeness (QED) is 0.915. The number of likely N-dealkylation sites (N-methyl/N-ethyl adjacent to an activating group) is 1. The molecule has 1 unspecified atom stereocenters. The standard InChI is InChI=1S/C14H13BrN2OS/c1-17-11-3-2-8(6-9(11)7-12(17)18)13(16)14-10(15)4-5-19-14/h2-6,13H,7,16H2,1H3. The van der Waals surface area contributed by atoms with Crippen LogP contribution in [-0.4, -0.2) is 13.0 Å². The molecule has 0 spiro atoms. The van der Waals surface area contributed by atoms with Crippen molar-refractivity contribution in [2.24, 2.45) is 5.73 Å². The van der Waals surface area contributed by atoms with Crippen LogP contribution in [0.1, 0.15) is 22.0 Å². The first-order valence-corrected chi connectivity index (χ1v) is 7.63. The predicted octanol–water partition coefficient (Wildman–Crippen LogP) is 3.08. The molecule has 0 saturated heterocycles. The molecule has 19 heavy (non-hydrogen) atoms. The van der Waals surface area contributed by atoms with Crippen LogP contribution < -0.4 is 10.6 Å². The maximum Gasteiger partial charge on any atom is 0.231 e. The predicted molar refractivity (Wildman–Crippen MR) is 81.6 cm³/mol. The van der Waals surface area contributed by atoms with E-state index in [4.69, 9.17) is 5.73 Å². The maximum atomic E-state index is 11.7. The largest absolute Gasteiger partial charge is 0.320 e. The Morgan fingerprint density at radius 2 is 2.21 bits per heavy atom. The highest BCUT2D eigenvalue weighted by atomic mass is 79.9. The number of hydrogen-bond donors (Lipinski definition) is 1. The molecule has 3 nitrogen and oxygen atoms in total. The van der Waals surface area contributed by atoms with E-state index in [0.717, 1.165) is 26.2 Å². The summed E-state index contributed by atoms with van der Waals surface area (Å²) in [5, 5.41) is 2.02. The van der Waals surface area contributed by atoms with E-state index in [2.05, 4.69) is 15.9 Å². The Balaban J connectivity index is 1.98. The summed E-state index contributed by atoms with van der Waals surface area (Å²) in [6, 6.07) is 7.89. The van der Waals surface area contributed by atoms with Crippen molar-refractivity contribution in [3.63, 3.8) is 0 Å². The molecular weight excluding hydrogens is 324 g/mol. The Hall–Kier alpha value is -1.17. The molecule has 1 aromatic heterocycles. The SMILES string of the molecule is CN1C(=O)Cc2cc(C(N)c3sccc3Br)ccc21. The lowest BCUT2D eigenvalue weighted by Gasteiger charge is -2.14. The maximum absolute atomic E-state index is 11.7. The normalized spacial score (nSPS) is 15.7. The van der Waals surface area contributed by atoms with Gasteiger partial charge < -0.3 is 10.6 Å². The number of fused-ring (bicyclic) bond motifs is 1. The molecule has 1 aromatic carbocycles. The second kappa shape index (κ2) is 4.74.